The molecule has 27 heavy (non-hydrogen) atoms. The van der Waals surface area contributed by atoms with Crippen LogP contribution < -0.4 is 15.0 Å². The third kappa shape index (κ3) is 3.38. The van der Waals surface area contributed by atoms with E-state index in [1.807, 2.05) is 78.9 Å². The van der Waals surface area contributed by atoms with Crippen molar-refractivity contribution in [3.8, 4) is 5.75 Å². The highest BCUT2D eigenvalue weighted by Crippen LogP contribution is 2.36. The molecule has 3 aromatic carbocycles. The molecule has 0 radical (unpaired) electrons. The Morgan fingerprint density at radius 1 is 0.926 bits per heavy atom. The third-order valence-electron chi connectivity index (χ3n) is 4.63. The number of amides is 1. The molecule has 1 atom stereocenters. The number of nitrogens with one attached hydrogen (secondary N) is 1. The van der Waals surface area contributed by atoms with Gasteiger partial charge in [0.05, 0.1) is 12.2 Å². The largest absolute Gasteiger partial charge is 0.494 e. The van der Waals surface area contributed by atoms with Crippen LogP contribution >= 0.6 is 0 Å². The first-order valence-electron chi connectivity index (χ1n) is 9.25. The van der Waals surface area contributed by atoms with E-state index in [0.717, 1.165) is 29.1 Å². The Kier molecular flexibility index (Phi) is 4.79. The lowest BCUT2D eigenvalue weighted by atomic mass is 10.0. The number of carbonyl (C=O) groups is 1. The number of hydrogen-bond donors (Lipinski definition) is 1. The van der Waals surface area contributed by atoms with E-state index in [1.165, 1.54) is 0 Å². The zero-order chi connectivity index (χ0) is 18.6. The number of carbonyl (C=O) groups excluding carboxylic acids is 1. The molecule has 3 aromatic rings. The Hall–Kier alpha value is -3.27. The van der Waals surface area contributed by atoms with E-state index in [4.69, 9.17) is 4.74 Å². The number of hydrogen-bond acceptors (Lipinski definition) is 3. The maximum absolute atomic E-state index is 13.3. The summed E-state index contributed by atoms with van der Waals surface area (Å²) >= 11 is 0. The van der Waals surface area contributed by atoms with Gasteiger partial charge in [0.25, 0.3) is 5.91 Å². The lowest BCUT2D eigenvalue weighted by molar-refractivity contribution is 0.0975. The summed E-state index contributed by atoms with van der Waals surface area (Å²) in [5.74, 6) is 0.801. The average Bonchev–Trinajstić information content (AvgIpc) is 2.73. The Morgan fingerprint density at radius 3 is 2.37 bits per heavy atom. The van der Waals surface area contributed by atoms with Crippen molar-refractivity contribution in [3.63, 3.8) is 0 Å². The van der Waals surface area contributed by atoms with Crippen molar-refractivity contribution < 1.29 is 9.53 Å². The molecule has 0 spiro atoms. The summed E-state index contributed by atoms with van der Waals surface area (Å²) in [5.41, 5.74) is 3.40. The average molecular weight is 358 g/mol. The van der Waals surface area contributed by atoms with E-state index >= 15 is 0 Å². The molecule has 1 N–H and O–H groups in total. The summed E-state index contributed by atoms with van der Waals surface area (Å²) in [4.78, 5) is 15.1. The zero-order valence-corrected chi connectivity index (χ0v) is 15.3. The minimum Gasteiger partial charge on any atom is -0.494 e. The highest BCUT2D eigenvalue weighted by Gasteiger charge is 2.33. The maximum atomic E-state index is 13.3. The van der Waals surface area contributed by atoms with E-state index in [0.29, 0.717) is 12.2 Å². The van der Waals surface area contributed by atoms with E-state index < -0.39 is 0 Å². The van der Waals surface area contributed by atoms with Crippen LogP contribution in [-0.4, -0.2) is 12.5 Å². The number of para-hydroxylation sites is 1. The first-order chi connectivity index (χ1) is 13.3. The van der Waals surface area contributed by atoms with Crippen molar-refractivity contribution in [1.29, 1.82) is 0 Å². The van der Waals surface area contributed by atoms with E-state index in [1.54, 1.807) is 4.90 Å². The van der Waals surface area contributed by atoms with Gasteiger partial charge in [0.15, 0.2) is 0 Å². The molecule has 0 unspecified atom stereocenters. The van der Waals surface area contributed by atoms with Crippen molar-refractivity contribution >= 4 is 17.3 Å². The van der Waals surface area contributed by atoms with Crippen LogP contribution in [0.1, 0.15) is 35.4 Å². The summed E-state index contributed by atoms with van der Waals surface area (Å²) in [6, 6.07) is 25.4. The molecule has 0 bridgehead atoms. The van der Waals surface area contributed by atoms with Gasteiger partial charge in [-0.05, 0) is 48.4 Å². The molecule has 4 nitrogen and oxygen atoms in total. The maximum Gasteiger partial charge on any atom is 0.262 e. The molecule has 4 heteroatoms. The zero-order valence-electron chi connectivity index (χ0n) is 15.3. The number of nitrogens with zero attached hydrogens (tertiary/aromatic N) is 1. The normalized spacial score (nSPS) is 15.8. The van der Waals surface area contributed by atoms with Crippen LogP contribution in [0.15, 0.2) is 78.9 Å². The second-order valence-corrected chi connectivity index (χ2v) is 6.52. The number of rotatable bonds is 5. The van der Waals surface area contributed by atoms with Gasteiger partial charge in [-0.2, -0.15) is 0 Å². The van der Waals surface area contributed by atoms with Crippen molar-refractivity contribution in [2.24, 2.45) is 0 Å². The van der Waals surface area contributed by atoms with Crippen LogP contribution in [0, 0.1) is 0 Å². The van der Waals surface area contributed by atoms with Gasteiger partial charge in [0, 0.05) is 11.4 Å². The molecule has 1 heterocycles. The van der Waals surface area contributed by atoms with E-state index in [2.05, 4.69) is 12.2 Å². The predicted molar refractivity (Wildman–Crippen MR) is 108 cm³/mol. The molecule has 0 fully saturated rings. The van der Waals surface area contributed by atoms with E-state index in [9.17, 15) is 4.79 Å². The van der Waals surface area contributed by atoms with Gasteiger partial charge in [-0.3, -0.25) is 9.69 Å². The Balaban J connectivity index is 1.74. The molecule has 0 saturated carbocycles. The molecular formula is C23H22N2O2. The summed E-state index contributed by atoms with van der Waals surface area (Å²) in [6.45, 7) is 2.76. The van der Waals surface area contributed by atoms with Crippen LogP contribution in [0.2, 0.25) is 0 Å². The highest BCUT2D eigenvalue weighted by molar-refractivity contribution is 6.12. The lowest BCUT2D eigenvalue weighted by Crippen LogP contribution is -2.43. The van der Waals surface area contributed by atoms with Crippen LogP contribution in [0.4, 0.5) is 11.4 Å². The topological polar surface area (TPSA) is 41.6 Å². The molecule has 1 aliphatic heterocycles. The van der Waals surface area contributed by atoms with Crippen LogP contribution in [0.25, 0.3) is 0 Å². The lowest BCUT2D eigenvalue weighted by Gasteiger charge is -2.38. The summed E-state index contributed by atoms with van der Waals surface area (Å²) in [7, 11) is 0. The third-order valence-corrected chi connectivity index (χ3v) is 4.63. The molecule has 136 valence electrons. The number of benzene rings is 3. The number of fused-ring (bicyclic) bond motifs is 1. The number of anilines is 2. The van der Waals surface area contributed by atoms with Gasteiger partial charge in [0.1, 0.15) is 11.9 Å². The van der Waals surface area contributed by atoms with Gasteiger partial charge in [-0.15, -0.1) is 0 Å². The SMILES string of the molecule is CCCOc1ccc(N2C(=O)c3ccccc3N[C@H]2c2ccccc2)cc1. The smallest absolute Gasteiger partial charge is 0.262 e. The predicted octanol–water partition coefficient (Wildman–Crippen LogP) is 5.25. The summed E-state index contributed by atoms with van der Waals surface area (Å²) in [6.07, 6.45) is 0.694. The van der Waals surface area contributed by atoms with Crippen molar-refractivity contribution in [2.45, 2.75) is 19.5 Å². The fraction of sp³-hybridized carbons (Fsp3) is 0.174. The van der Waals surface area contributed by atoms with Gasteiger partial charge >= 0.3 is 0 Å². The quantitative estimate of drug-likeness (QED) is 0.677. The fourth-order valence-corrected chi connectivity index (χ4v) is 3.31. The van der Waals surface area contributed by atoms with Gasteiger partial charge < -0.3 is 10.1 Å². The second-order valence-electron chi connectivity index (χ2n) is 6.52. The van der Waals surface area contributed by atoms with E-state index in [-0.39, 0.29) is 12.1 Å². The molecule has 1 aliphatic rings. The number of ether oxygens (including phenoxy) is 1. The van der Waals surface area contributed by atoms with Gasteiger partial charge in [-0.25, -0.2) is 0 Å². The summed E-state index contributed by atoms with van der Waals surface area (Å²) < 4.78 is 5.67. The first-order valence-corrected chi connectivity index (χ1v) is 9.25. The summed E-state index contributed by atoms with van der Waals surface area (Å²) in [5, 5.41) is 3.51. The molecular weight excluding hydrogens is 336 g/mol. The molecule has 1 amide bonds. The Bertz CT molecular complexity index is 923. The standard InChI is InChI=1S/C23H22N2O2/c1-2-16-27-19-14-12-18(13-15-19)25-22(17-8-4-3-5-9-17)24-21-11-7-6-10-20(21)23(25)26/h3-15,22,24H,2,16H2,1H3/t22-/m1/s1. The minimum atomic E-state index is -0.268. The highest BCUT2D eigenvalue weighted by atomic mass is 16.5. The van der Waals surface area contributed by atoms with Crippen LogP contribution in [0.5, 0.6) is 5.75 Å². The minimum absolute atomic E-state index is 0.0135. The van der Waals surface area contributed by atoms with Crippen molar-refractivity contribution in [2.75, 3.05) is 16.8 Å². The Morgan fingerprint density at radius 2 is 1.63 bits per heavy atom. The first kappa shape index (κ1) is 17.2. The monoisotopic (exact) mass is 358 g/mol. The Labute approximate surface area is 159 Å². The second kappa shape index (κ2) is 7.54. The van der Waals surface area contributed by atoms with Crippen LogP contribution in [0.3, 0.4) is 0 Å². The van der Waals surface area contributed by atoms with Crippen LogP contribution in [-0.2, 0) is 0 Å². The molecule has 0 saturated heterocycles. The fourth-order valence-electron chi connectivity index (χ4n) is 3.31. The molecule has 0 aromatic heterocycles. The van der Waals surface area contributed by atoms with Gasteiger partial charge in [-0.1, -0.05) is 49.4 Å². The molecule has 4 rings (SSSR count). The van der Waals surface area contributed by atoms with Crippen molar-refractivity contribution in [1.82, 2.24) is 0 Å². The van der Waals surface area contributed by atoms with Gasteiger partial charge in [0.2, 0.25) is 0 Å². The molecule has 0 aliphatic carbocycles. The van der Waals surface area contributed by atoms with Crippen molar-refractivity contribution in [3.05, 3.63) is 90.0 Å².